The van der Waals surface area contributed by atoms with Crippen molar-refractivity contribution < 1.29 is 14.3 Å². The number of ketones is 1. The molecule has 1 amide bonds. The molecule has 1 aromatic carbocycles. The van der Waals surface area contributed by atoms with Gasteiger partial charge in [0.05, 0.1) is 18.5 Å². The highest BCUT2D eigenvalue weighted by atomic mass is 79.9. The van der Waals surface area contributed by atoms with Crippen LogP contribution in [0.2, 0.25) is 5.28 Å². The molecule has 0 N–H and O–H groups in total. The molecule has 0 bridgehead atoms. The summed E-state index contributed by atoms with van der Waals surface area (Å²) in [5.74, 6) is 0.532. The summed E-state index contributed by atoms with van der Waals surface area (Å²) in [4.78, 5) is 39.6. The summed E-state index contributed by atoms with van der Waals surface area (Å²) in [6, 6.07) is 9.71. The van der Waals surface area contributed by atoms with Crippen molar-refractivity contribution in [3.05, 3.63) is 63.5 Å². The molecule has 1 aliphatic heterocycles. The molecule has 1 aromatic heterocycles. The maximum atomic E-state index is 14.1. The Morgan fingerprint density at radius 1 is 1.33 bits per heavy atom. The van der Waals surface area contributed by atoms with Gasteiger partial charge in [-0.3, -0.25) is 4.79 Å². The molecule has 206 valence electrons. The van der Waals surface area contributed by atoms with E-state index in [0.717, 1.165) is 15.6 Å². The summed E-state index contributed by atoms with van der Waals surface area (Å²) >= 11 is 10.0. The molecule has 8 nitrogen and oxygen atoms in total. The van der Waals surface area contributed by atoms with E-state index >= 15 is 0 Å². The number of allylic oxidation sites excluding steroid dienone is 1. The zero-order chi connectivity index (χ0) is 28.4. The van der Waals surface area contributed by atoms with E-state index in [9.17, 15) is 14.9 Å². The van der Waals surface area contributed by atoms with Crippen LogP contribution in [-0.4, -0.2) is 58.0 Å². The molecule has 1 aliphatic carbocycles. The average molecular weight is 615 g/mol. The minimum absolute atomic E-state index is 0.00111. The fraction of sp³-hybridized carbons (Fsp3) is 0.483. The molecule has 2 atom stereocenters. The highest BCUT2D eigenvalue weighted by Crippen LogP contribution is 2.44. The number of fused-ring (bicyclic) bond motifs is 1. The van der Waals surface area contributed by atoms with Crippen LogP contribution in [0.1, 0.15) is 61.6 Å². The second-order valence-corrected chi connectivity index (χ2v) is 12.3. The Kier molecular flexibility index (Phi) is 8.67. The summed E-state index contributed by atoms with van der Waals surface area (Å²) in [5.41, 5.74) is 0.827. The van der Waals surface area contributed by atoms with Crippen molar-refractivity contribution >= 4 is 45.2 Å². The number of piperazine rings is 1. The van der Waals surface area contributed by atoms with Gasteiger partial charge in [-0.25, -0.2) is 14.8 Å². The van der Waals surface area contributed by atoms with Crippen LogP contribution in [-0.2, 0) is 17.6 Å². The molecule has 0 radical (unpaired) electrons. The van der Waals surface area contributed by atoms with Gasteiger partial charge in [0.1, 0.15) is 17.1 Å². The molecule has 2 aromatic rings. The zero-order valence-corrected chi connectivity index (χ0v) is 24.9. The van der Waals surface area contributed by atoms with Crippen molar-refractivity contribution in [2.75, 3.05) is 24.5 Å². The monoisotopic (exact) mass is 613 g/mol. The minimum atomic E-state index is -0.688. The molecular weight excluding hydrogens is 582 g/mol. The van der Waals surface area contributed by atoms with Crippen LogP contribution in [0.4, 0.5) is 10.6 Å². The SMILES string of the molecule is C=CC[C@]1(Cc2ccccc2Br)CCc2c(nc(Cl)nc2N2CCN(C(=O)OC(C)(C)C)C(CC#N)C2)C1=O. The first-order valence-corrected chi connectivity index (χ1v) is 14.2. The number of hydrogen-bond acceptors (Lipinski definition) is 7. The lowest BCUT2D eigenvalue weighted by Crippen LogP contribution is -2.56. The lowest BCUT2D eigenvalue weighted by molar-refractivity contribution is 0.0145. The molecule has 0 saturated carbocycles. The predicted octanol–water partition coefficient (Wildman–Crippen LogP) is 6.17. The van der Waals surface area contributed by atoms with Crippen molar-refractivity contribution in [2.24, 2.45) is 5.41 Å². The van der Waals surface area contributed by atoms with E-state index in [0.29, 0.717) is 56.8 Å². The van der Waals surface area contributed by atoms with Crippen molar-refractivity contribution in [1.29, 1.82) is 5.26 Å². The Balaban J connectivity index is 1.65. The lowest BCUT2D eigenvalue weighted by Gasteiger charge is -2.43. The van der Waals surface area contributed by atoms with Crippen LogP contribution in [0.3, 0.4) is 0 Å². The van der Waals surface area contributed by atoms with Crippen molar-refractivity contribution in [1.82, 2.24) is 14.9 Å². The predicted molar refractivity (Wildman–Crippen MR) is 154 cm³/mol. The second kappa shape index (κ2) is 11.6. The Morgan fingerprint density at radius 3 is 2.74 bits per heavy atom. The van der Waals surface area contributed by atoms with Crippen molar-refractivity contribution in [2.45, 2.75) is 64.5 Å². The lowest BCUT2D eigenvalue weighted by atomic mass is 9.66. The number of anilines is 1. The number of nitriles is 1. The molecule has 2 heterocycles. The Hall–Kier alpha value is -2.96. The number of ether oxygens (including phenoxy) is 1. The fourth-order valence-corrected chi connectivity index (χ4v) is 6.05. The maximum Gasteiger partial charge on any atom is 0.410 e. The highest BCUT2D eigenvalue weighted by molar-refractivity contribution is 9.10. The average Bonchev–Trinajstić information content (AvgIpc) is 2.87. The first-order chi connectivity index (χ1) is 18.5. The van der Waals surface area contributed by atoms with E-state index in [-0.39, 0.29) is 17.5 Å². The molecule has 1 saturated heterocycles. The molecule has 0 spiro atoms. The largest absolute Gasteiger partial charge is 0.444 e. The zero-order valence-electron chi connectivity index (χ0n) is 22.5. The summed E-state index contributed by atoms with van der Waals surface area (Å²) in [7, 11) is 0. The van der Waals surface area contributed by atoms with Crippen molar-refractivity contribution in [3.8, 4) is 6.07 Å². The highest BCUT2D eigenvalue weighted by Gasteiger charge is 2.45. The molecule has 10 heteroatoms. The van der Waals surface area contributed by atoms with Crippen LogP contribution in [0.25, 0.3) is 0 Å². The minimum Gasteiger partial charge on any atom is -0.444 e. The maximum absolute atomic E-state index is 14.1. The van der Waals surface area contributed by atoms with Gasteiger partial charge in [0.25, 0.3) is 0 Å². The first-order valence-electron chi connectivity index (χ1n) is 13.0. The molecule has 39 heavy (non-hydrogen) atoms. The molecule has 2 aliphatic rings. The number of rotatable bonds is 6. The van der Waals surface area contributed by atoms with Gasteiger partial charge < -0.3 is 14.5 Å². The molecule has 4 rings (SSSR count). The Bertz CT molecular complexity index is 1320. The van der Waals surface area contributed by atoms with E-state index in [1.54, 1.807) is 11.0 Å². The number of nitrogens with zero attached hydrogens (tertiary/aromatic N) is 5. The van der Waals surface area contributed by atoms with Gasteiger partial charge >= 0.3 is 6.09 Å². The van der Waals surface area contributed by atoms with Gasteiger partial charge in [-0.05, 0) is 69.7 Å². The number of benzene rings is 1. The van der Waals surface area contributed by atoms with Gasteiger partial charge in [-0.1, -0.05) is 40.2 Å². The van der Waals surface area contributed by atoms with Crippen molar-refractivity contribution in [3.63, 3.8) is 0 Å². The van der Waals surface area contributed by atoms with Crippen LogP contribution < -0.4 is 4.90 Å². The van der Waals surface area contributed by atoms with E-state index in [4.69, 9.17) is 16.3 Å². The molecule has 1 unspecified atom stereocenters. The van der Waals surface area contributed by atoms with Crippen LogP contribution in [0.5, 0.6) is 0 Å². The van der Waals surface area contributed by atoms with Crippen LogP contribution in [0, 0.1) is 16.7 Å². The fourth-order valence-electron chi connectivity index (χ4n) is 5.46. The van der Waals surface area contributed by atoms with Crippen LogP contribution >= 0.6 is 27.5 Å². The molecular formula is C29H33BrClN5O3. The summed E-state index contributed by atoms with van der Waals surface area (Å²) < 4.78 is 6.54. The summed E-state index contributed by atoms with van der Waals surface area (Å²) in [5, 5.41) is 9.48. The van der Waals surface area contributed by atoms with E-state index in [1.807, 2.05) is 49.9 Å². The number of carbonyl (C=O) groups excluding carboxylic acids is 2. The first kappa shape index (κ1) is 29.0. The number of amides is 1. The number of halogens is 2. The topological polar surface area (TPSA) is 99.4 Å². The van der Waals surface area contributed by atoms with E-state index in [2.05, 4.69) is 38.5 Å². The standard InChI is InChI=1S/C29H33BrClN5O3/c1-5-12-29(17-19-8-6-7-9-22(19)30)13-10-21-23(24(29)37)33-26(31)34-25(21)35-15-16-36(20(18-35)11-14-32)27(38)39-28(2,3)4/h5-9,20H,1,10-13,15-18H2,2-4H3/t20?,29-/m1/s1. The third kappa shape index (κ3) is 6.28. The molecule has 1 fully saturated rings. The number of hydrogen-bond donors (Lipinski definition) is 0. The third-order valence-electron chi connectivity index (χ3n) is 7.27. The Morgan fingerprint density at radius 2 is 2.08 bits per heavy atom. The summed E-state index contributed by atoms with van der Waals surface area (Å²) in [6.07, 6.45) is 3.78. The number of carbonyl (C=O) groups is 2. The second-order valence-electron chi connectivity index (χ2n) is 11.1. The van der Waals surface area contributed by atoms with Gasteiger partial charge in [-0.2, -0.15) is 5.26 Å². The van der Waals surface area contributed by atoms with Crippen LogP contribution in [0.15, 0.2) is 41.4 Å². The third-order valence-corrected chi connectivity index (χ3v) is 8.21. The van der Waals surface area contributed by atoms with Gasteiger partial charge in [-0.15, -0.1) is 6.58 Å². The number of aromatic nitrogens is 2. The normalized spacial score (nSPS) is 21.2. The van der Waals surface area contributed by atoms with E-state index in [1.165, 1.54) is 0 Å². The number of Topliss-reactive ketones (excluding diaryl/α,β-unsaturated/α-hetero) is 1. The quantitative estimate of drug-likeness (QED) is 0.284. The summed E-state index contributed by atoms with van der Waals surface area (Å²) in [6.45, 7) is 10.6. The Labute approximate surface area is 243 Å². The van der Waals surface area contributed by atoms with Gasteiger partial charge in [0.15, 0.2) is 5.78 Å². The van der Waals surface area contributed by atoms with Gasteiger partial charge in [0.2, 0.25) is 5.28 Å². The van der Waals surface area contributed by atoms with E-state index < -0.39 is 23.2 Å². The smallest absolute Gasteiger partial charge is 0.410 e. The van der Waals surface area contributed by atoms with Gasteiger partial charge in [0, 0.05) is 35.1 Å².